The molecule has 0 saturated heterocycles. The first-order valence-corrected chi connectivity index (χ1v) is 6.23. The summed E-state index contributed by atoms with van der Waals surface area (Å²) in [6, 6.07) is 0. The molecule has 5 nitrogen and oxygen atoms in total. The second-order valence-electron chi connectivity index (χ2n) is 4.71. The second kappa shape index (κ2) is 5.52. The van der Waals surface area contributed by atoms with Crippen LogP contribution in [0.5, 0.6) is 0 Å². The average molecular weight is 254 g/mol. The van der Waals surface area contributed by atoms with E-state index in [-0.39, 0.29) is 24.6 Å². The van der Waals surface area contributed by atoms with Crippen LogP contribution in [0.1, 0.15) is 32.6 Å². The molecule has 0 aromatic carbocycles. The molecule has 2 atom stereocenters. The van der Waals surface area contributed by atoms with Crippen molar-refractivity contribution in [1.29, 1.82) is 0 Å². The van der Waals surface area contributed by atoms with Crippen LogP contribution in [0, 0.1) is 11.8 Å². The van der Waals surface area contributed by atoms with Gasteiger partial charge in [0.1, 0.15) is 5.76 Å². The van der Waals surface area contributed by atoms with E-state index in [0.717, 1.165) is 24.8 Å². The Morgan fingerprint density at radius 2 is 2.11 bits per heavy atom. The Labute approximate surface area is 106 Å². The summed E-state index contributed by atoms with van der Waals surface area (Å²) < 4.78 is 15.0. The molecule has 18 heavy (non-hydrogen) atoms. The summed E-state index contributed by atoms with van der Waals surface area (Å²) in [5.41, 5.74) is 0.947. The van der Waals surface area contributed by atoms with Gasteiger partial charge in [0.05, 0.1) is 5.92 Å². The van der Waals surface area contributed by atoms with Gasteiger partial charge in [-0.1, -0.05) is 6.92 Å². The molecule has 2 aliphatic rings. The normalized spacial score (nSPS) is 25.4. The molecular formula is C13H18O5. The number of esters is 2. The fourth-order valence-corrected chi connectivity index (χ4v) is 2.64. The zero-order chi connectivity index (χ0) is 13.1. The van der Waals surface area contributed by atoms with Gasteiger partial charge >= 0.3 is 11.9 Å². The summed E-state index contributed by atoms with van der Waals surface area (Å²) in [4.78, 5) is 23.1. The highest BCUT2D eigenvalue weighted by atomic mass is 16.7. The fourth-order valence-electron chi connectivity index (χ4n) is 2.64. The largest absolute Gasteiger partial charge is 0.438 e. The summed E-state index contributed by atoms with van der Waals surface area (Å²) in [6.45, 7) is 1.72. The Morgan fingerprint density at radius 3 is 2.72 bits per heavy atom. The summed E-state index contributed by atoms with van der Waals surface area (Å²) in [5.74, 6) is 0.337. The van der Waals surface area contributed by atoms with Crippen molar-refractivity contribution < 1.29 is 23.8 Å². The highest BCUT2D eigenvalue weighted by Crippen LogP contribution is 2.48. The molecular weight excluding hydrogens is 236 g/mol. The van der Waals surface area contributed by atoms with Crippen LogP contribution in [0.15, 0.2) is 11.3 Å². The maximum absolute atomic E-state index is 11.8. The van der Waals surface area contributed by atoms with Crippen molar-refractivity contribution in [1.82, 2.24) is 0 Å². The van der Waals surface area contributed by atoms with E-state index in [2.05, 4.69) is 0 Å². The third-order valence-corrected chi connectivity index (χ3v) is 3.46. The monoisotopic (exact) mass is 254 g/mol. The van der Waals surface area contributed by atoms with Crippen LogP contribution in [0.25, 0.3) is 0 Å². The van der Waals surface area contributed by atoms with E-state index in [1.165, 1.54) is 7.11 Å². The number of carbonyl (C=O) groups excluding carboxylic acids is 2. The highest BCUT2D eigenvalue weighted by molar-refractivity contribution is 5.78. The quantitative estimate of drug-likeness (QED) is 0.552. The van der Waals surface area contributed by atoms with Crippen molar-refractivity contribution >= 4 is 11.9 Å². The lowest BCUT2D eigenvalue weighted by atomic mass is 9.95. The van der Waals surface area contributed by atoms with Crippen LogP contribution in [-0.2, 0) is 23.8 Å². The first kappa shape index (κ1) is 13.1. The number of rotatable bonds is 5. The third kappa shape index (κ3) is 2.56. The van der Waals surface area contributed by atoms with Gasteiger partial charge in [-0.25, -0.2) is 0 Å². The van der Waals surface area contributed by atoms with Crippen LogP contribution in [0.4, 0.5) is 0 Å². The highest BCUT2D eigenvalue weighted by Gasteiger charge is 2.43. The molecule has 2 rings (SSSR count). The molecule has 1 saturated carbocycles. The van der Waals surface area contributed by atoms with E-state index in [4.69, 9.17) is 14.2 Å². The molecule has 100 valence electrons. The van der Waals surface area contributed by atoms with Gasteiger partial charge in [0.15, 0.2) is 6.79 Å². The minimum atomic E-state index is -0.279. The minimum Gasteiger partial charge on any atom is -0.438 e. The van der Waals surface area contributed by atoms with Gasteiger partial charge in [-0.15, -0.1) is 0 Å². The van der Waals surface area contributed by atoms with Crippen molar-refractivity contribution in [3.05, 3.63) is 11.3 Å². The summed E-state index contributed by atoms with van der Waals surface area (Å²) in [5, 5.41) is 0. The van der Waals surface area contributed by atoms with E-state index in [0.29, 0.717) is 18.1 Å². The lowest BCUT2D eigenvalue weighted by Crippen LogP contribution is -2.21. The first-order chi connectivity index (χ1) is 8.65. The number of ether oxygens (including phenoxy) is 3. The Morgan fingerprint density at radius 1 is 1.33 bits per heavy atom. The summed E-state index contributed by atoms with van der Waals surface area (Å²) >= 11 is 0. The van der Waals surface area contributed by atoms with Crippen LogP contribution in [-0.4, -0.2) is 25.8 Å². The summed E-state index contributed by atoms with van der Waals surface area (Å²) in [6.07, 6.45) is 2.76. The summed E-state index contributed by atoms with van der Waals surface area (Å²) in [7, 11) is 1.47. The predicted octanol–water partition coefficient (Wildman–Crippen LogP) is 1.77. The van der Waals surface area contributed by atoms with Crippen LogP contribution < -0.4 is 0 Å². The lowest BCUT2D eigenvalue weighted by molar-refractivity contribution is -0.158. The molecule has 0 radical (unpaired) electrons. The van der Waals surface area contributed by atoms with Crippen molar-refractivity contribution in [2.75, 3.05) is 13.9 Å². The Hall–Kier alpha value is -1.36. The number of hydrogen-bond acceptors (Lipinski definition) is 5. The molecule has 0 N–H and O–H groups in total. The van der Waals surface area contributed by atoms with Crippen LogP contribution in [0.3, 0.4) is 0 Å². The van der Waals surface area contributed by atoms with Gasteiger partial charge in [0.2, 0.25) is 0 Å². The number of allylic oxidation sites excluding steroid dienone is 1. The predicted molar refractivity (Wildman–Crippen MR) is 62.2 cm³/mol. The average Bonchev–Trinajstić information content (AvgIpc) is 2.95. The van der Waals surface area contributed by atoms with Crippen molar-refractivity contribution in [3.63, 3.8) is 0 Å². The van der Waals surface area contributed by atoms with E-state index in [1.54, 1.807) is 6.92 Å². The van der Waals surface area contributed by atoms with Gasteiger partial charge in [-0.3, -0.25) is 9.59 Å². The molecule has 0 heterocycles. The molecule has 2 aliphatic carbocycles. The molecule has 0 aromatic rings. The van der Waals surface area contributed by atoms with Crippen LogP contribution in [0.2, 0.25) is 0 Å². The van der Waals surface area contributed by atoms with Crippen molar-refractivity contribution in [2.24, 2.45) is 11.8 Å². The van der Waals surface area contributed by atoms with E-state index < -0.39 is 0 Å². The fraction of sp³-hybridized carbons (Fsp3) is 0.692. The molecule has 0 spiro atoms. The maximum atomic E-state index is 11.8. The number of fused-ring (bicyclic) bond motifs is 2. The van der Waals surface area contributed by atoms with Gasteiger partial charge in [-0.05, 0) is 24.3 Å². The first-order valence-electron chi connectivity index (χ1n) is 6.23. The smallest absolute Gasteiger partial charge is 0.315 e. The number of carbonyl (C=O) groups is 2. The van der Waals surface area contributed by atoms with E-state index in [1.807, 2.05) is 0 Å². The third-order valence-electron chi connectivity index (χ3n) is 3.46. The standard InChI is InChI=1S/C13H18O5/c1-3-12(14)18-11-6-8-4-9(11)10(5-8)13(15)17-7-16-2/h8,10H,3-7H2,1-2H3. The molecule has 0 aliphatic heterocycles. The maximum Gasteiger partial charge on any atom is 0.315 e. The SMILES string of the molecule is CCC(=O)OC1=C2CC(C1)CC2C(=O)OCOC. The van der Waals surface area contributed by atoms with Crippen LogP contribution >= 0.6 is 0 Å². The van der Waals surface area contributed by atoms with Crippen molar-refractivity contribution in [3.8, 4) is 0 Å². The number of methoxy groups -OCH3 is 1. The molecule has 0 amide bonds. The zero-order valence-corrected chi connectivity index (χ0v) is 10.7. The molecule has 2 unspecified atom stereocenters. The molecule has 5 heteroatoms. The van der Waals surface area contributed by atoms with Crippen molar-refractivity contribution in [2.45, 2.75) is 32.6 Å². The van der Waals surface area contributed by atoms with Gasteiger partial charge < -0.3 is 14.2 Å². The van der Waals surface area contributed by atoms with E-state index >= 15 is 0 Å². The van der Waals surface area contributed by atoms with Gasteiger partial charge in [0, 0.05) is 20.0 Å². The van der Waals surface area contributed by atoms with Gasteiger partial charge in [-0.2, -0.15) is 0 Å². The molecule has 0 aromatic heterocycles. The Kier molecular flexibility index (Phi) is 4.01. The number of hydrogen-bond donors (Lipinski definition) is 0. The molecule has 2 bridgehead atoms. The van der Waals surface area contributed by atoms with E-state index in [9.17, 15) is 9.59 Å². The molecule has 1 fully saturated rings. The zero-order valence-electron chi connectivity index (χ0n) is 10.7. The Bertz CT molecular complexity index is 385. The second-order valence-corrected chi connectivity index (χ2v) is 4.71. The van der Waals surface area contributed by atoms with Gasteiger partial charge in [0.25, 0.3) is 0 Å². The minimum absolute atomic E-state index is 0.0304. The lowest BCUT2D eigenvalue weighted by Gasteiger charge is -2.18. The topological polar surface area (TPSA) is 61.8 Å². The Balaban J connectivity index is 2.03.